The molecular formula is C10H15Br2NO. The van der Waals surface area contributed by atoms with Crippen LogP contribution in [0.4, 0.5) is 0 Å². The third-order valence-electron chi connectivity index (χ3n) is 1.53. The zero-order valence-electron chi connectivity index (χ0n) is 8.25. The maximum atomic E-state index is 10.5. The van der Waals surface area contributed by atoms with Crippen molar-refractivity contribution in [1.82, 2.24) is 0 Å². The predicted octanol–water partition coefficient (Wildman–Crippen LogP) is 3.18. The summed E-state index contributed by atoms with van der Waals surface area (Å²) < 4.78 is 0.833. The van der Waals surface area contributed by atoms with Gasteiger partial charge in [0.2, 0.25) is 0 Å². The first-order valence-electron chi connectivity index (χ1n) is 4.49. The van der Waals surface area contributed by atoms with Crippen molar-refractivity contribution < 1.29 is 4.73 Å². The fourth-order valence-corrected chi connectivity index (χ4v) is 1.50. The van der Waals surface area contributed by atoms with E-state index < -0.39 is 0 Å². The van der Waals surface area contributed by atoms with Crippen molar-refractivity contribution >= 4 is 31.9 Å². The van der Waals surface area contributed by atoms with Crippen molar-refractivity contribution in [3.05, 3.63) is 35.3 Å². The van der Waals surface area contributed by atoms with Gasteiger partial charge in [0, 0.05) is 29.7 Å². The summed E-state index contributed by atoms with van der Waals surface area (Å²) in [6, 6.07) is 5.32. The quantitative estimate of drug-likeness (QED) is 0.363. The molecule has 0 aliphatic rings. The zero-order chi connectivity index (χ0) is 10.8. The number of alkyl halides is 2. The van der Waals surface area contributed by atoms with Crippen LogP contribution in [-0.2, 0) is 0 Å². The summed E-state index contributed by atoms with van der Waals surface area (Å²) in [5.74, 6) is 0. The van der Waals surface area contributed by atoms with Gasteiger partial charge in [0.25, 0.3) is 0 Å². The van der Waals surface area contributed by atoms with Gasteiger partial charge in [-0.15, -0.1) is 0 Å². The zero-order valence-corrected chi connectivity index (χ0v) is 11.4. The summed E-state index contributed by atoms with van der Waals surface area (Å²) in [7, 11) is 0. The van der Waals surface area contributed by atoms with Crippen LogP contribution in [-0.4, -0.2) is 10.7 Å². The van der Waals surface area contributed by atoms with Crippen molar-refractivity contribution in [3.8, 4) is 0 Å². The minimum absolute atomic E-state index is 0.729. The van der Waals surface area contributed by atoms with Crippen LogP contribution in [0, 0.1) is 12.1 Å². The molecule has 0 radical (unpaired) electrons. The Morgan fingerprint density at radius 3 is 2.07 bits per heavy atom. The van der Waals surface area contributed by atoms with E-state index in [-0.39, 0.29) is 0 Å². The first-order valence-corrected chi connectivity index (χ1v) is 6.73. The summed E-state index contributed by atoms with van der Waals surface area (Å²) in [5.41, 5.74) is 0.729. The second-order valence-corrected chi connectivity index (χ2v) is 4.34. The molecule has 1 rings (SSSR count). The van der Waals surface area contributed by atoms with Crippen molar-refractivity contribution in [2.45, 2.75) is 19.8 Å². The second-order valence-electron chi connectivity index (χ2n) is 2.75. The molecule has 0 aliphatic carbocycles. The van der Waals surface area contributed by atoms with Crippen LogP contribution in [0.5, 0.6) is 0 Å². The summed E-state index contributed by atoms with van der Waals surface area (Å²) in [6.45, 7) is 1.77. The van der Waals surface area contributed by atoms with E-state index >= 15 is 0 Å². The number of hydrogen-bond acceptors (Lipinski definition) is 1. The third-order valence-corrected chi connectivity index (χ3v) is 2.66. The van der Waals surface area contributed by atoms with Crippen molar-refractivity contribution in [2.75, 3.05) is 10.7 Å². The average Bonchev–Trinajstić information content (AvgIpc) is 2.20. The molecule has 14 heavy (non-hydrogen) atoms. The lowest BCUT2D eigenvalue weighted by atomic mass is 10.4. The lowest BCUT2D eigenvalue weighted by molar-refractivity contribution is -0.612. The Labute approximate surface area is 102 Å². The highest BCUT2D eigenvalue weighted by atomic mass is 79.9. The van der Waals surface area contributed by atoms with E-state index in [2.05, 4.69) is 31.9 Å². The molecule has 80 valence electrons. The molecule has 0 amide bonds. The summed E-state index contributed by atoms with van der Waals surface area (Å²) in [6.07, 6.45) is 4.05. The fourth-order valence-electron chi connectivity index (χ4n) is 0.703. The standard InChI is InChI=1S/C6H7NO.C4H8Br2/c1-6-4-2-3-5-7(6)8;5-3-1-2-4-6/h2-5H,1H3;1-4H2. The summed E-state index contributed by atoms with van der Waals surface area (Å²) >= 11 is 6.66. The van der Waals surface area contributed by atoms with Gasteiger partial charge in [-0.1, -0.05) is 37.9 Å². The lowest BCUT2D eigenvalue weighted by Crippen LogP contribution is -2.28. The molecule has 4 heteroatoms. The van der Waals surface area contributed by atoms with Crippen molar-refractivity contribution in [1.29, 1.82) is 0 Å². The van der Waals surface area contributed by atoms with Gasteiger partial charge in [0.15, 0.2) is 11.9 Å². The van der Waals surface area contributed by atoms with Crippen LogP contribution in [0.15, 0.2) is 24.4 Å². The van der Waals surface area contributed by atoms with Crippen molar-refractivity contribution in [2.24, 2.45) is 0 Å². The SMILES string of the molecule is BrCCCCBr.Cc1cccc[n+]1[O-]. The molecule has 2 nitrogen and oxygen atoms in total. The largest absolute Gasteiger partial charge is 0.619 e. The van der Waals surface area contributed by atoms with Crippen molar-refractivity contribution in [3.63, 3.8) is 0 Å². The molecule has 0 saturated heterocycles. The second kappa shape index (κ2) is 9.46. The highest BCUT2D eigenvalue weighted by Gasteiger charge is 1.89. The number of pyridine rings is 1. The predicted molar refractivity (Wildman–Crippen MR) is 67.0 cm³/mol. The summed E-state index contributed by atoms with van der Waals surface area (Å²) in [4.78, 5) is 0. The van der Waals surface area contributed by atoms with Crippen LogP contribution in [0.2, 0.25) is 0 Å². The van der Waals surface area contributed by atoms with Crippen LogP contribution in [0.1, 0.15) is 18.5 Å². The Balaban J connectivity index is 0.000000255. The molecular weight excluding hydrogens is 310 g/mol. The van der Waals surface area contributed by atoms with E-state index in [1.165, 1.54) is 19.0 Å². The van der Waals surface area contributed by atoms with Crippen LogP contribution in [0.3, 0.4) is 0 Å². The monoisotopic (exact) mass is 323 g/mol. The number of aromatic nitrogens is 1. The van der Waals surface area contributed by atoms with Gasteiger partial charge >= 0.3 is 0 Å². The Kier molecular flexibility index (Phi) is 9.40. The van der Waals surface area contributed by atoms with E-state index in [0.717, 1.165) is 21.1 Å². The highest BCUT2D eigenvalue weighted by Crippen LogP contribution is 1.95. The first-order chi connectivity index (χ1) is 6.72. The van der Waals surface area contributed by atoms with Gasteiger partial charge in [-0.05, 0) is 12.8 Å². The number of halogens is 2. The van der Waals surface area contributed by atoms with Crippen LogP contribution in [0.25, 0.3) is 0 Å². The number of hydrogen-bond donors (Lipinski definition) is 0. The maximum absolute atomic E-state index is 10.5. The molecule has 1 aromatic rings. The summed E-state index contributed by atoms with van der Waals surface area (Å²) in [5, 5.41) is 12.8. The maximum Gasteiger partial charge on any atom is 0.189 e. The molecule has 1 heterocycles. The van der Waals surface area contributed by atoms with E-state index in [0.29, 0.717) is 0 Å². The average molecular weight is 325 g/mol. The molecule has 1 aromatic heterocycles. The smallest absolute Gasteiger partial charge is 0.189 e. The molecule has 0 unspecified atom stereocenters. The Bertz CT molecular complexity index is 218. The lowest BCUT2D eigenvalue weighted by Gasteiger charge is -1.95. The van der Waals surface area contributed by atoms with Gasteiger partial charge in [-0.25, -0.2) is 0 Å². The van der Waals surface area contributed by atoms with Gasteiger partial charge in [-0.2, -0.15) is 4.73 Å². The molecule has 0 aromatic carbocycles. The van der Waals surface area contributed by atoms with E-state index in [1.807, 2.05) is 6.07 Å². The number of unbranched alkanes of at least 4 members (excludes halogenated alkanes) is 1. The van der Waals surface area contributed by atoms with Crippen LogP contribution >= 0.6 is 31.9 Å². The van der Waals surface area contributed by atoms with E-state index in [1.54, 1.807) is 19.1 Å². The van der Waals surface area contributed by atoms with Gasteiger partial charge in [-0.3, -0.25) is 0 Å². The molecule has 0 fully saturated rings. The molecule has 0 atom stereocenters. The molecule has 0 spiro atoms. The number of aryl methyl sites for hydroxylation is 1. The van der Waals surface area contributed by atoms with Gasteiger partial charge < -0.3 is 5.21 Å². The number of rotatable bonds is 3. The highest BCUT2D eigenvalue weighted by molar-refractivity contribution is 9.09. The molecule has 0 aliphatic heterocycles. The first kappa shape index (κ1) is 13.9. The fraction of sp³-hybridized carbons (Fsp3) is 0.500. The minimum atomic E-state index is 0.729. The minimum Gasteiger partial charge on any atom is -0.619 e. The van der Waals surface area contributed by atoms with E-state index in [4.69, 9.17) is 0 Å². The molecule has 0 N–H and O–H groups in total. The van der Waals surface area contributed by atoms with Gasteiger partial charge in [0.05, 0.1) is 0 Å². The normalized spacial score (nSPS) is 9.07. The topological polar surface area (TPSA) is 26.9 Å². The molecule has 0 saturated carbocycles. The Morgan fingerprint density at radius 1 is 1.21 bits per heavy atom. The third kappa shape index (κ3) is 7.33. The van der Waals surface area contributed by atoms with E-state index in [9.17, 15) is 5.21 Å². The Morgan fingerprint density at radius 2 is 1.79 bits per heavy atom. The molecule has 0 bridgehead atoms. The van der Waals surface area contributed by atoms with Crippen LogP contribution < -0.4 is 4.73 Å². The number of nitrogens with zero attached hydrogens (tertiary/aromatic N) is 1. The van der Waals surface area contributed by atoms with Gasteiger partial charge in [0.1, 0.15) is 0 Å². The Hall–Kier alpha value is -0.0900.